The summed E-state index contributed by atoms with van der Waals surface area (Å²) in [6.45, 7) is 8.40. The summed E-state index contributed by atoms with van der Waals surface area (Å²) >= 11 is 0. The molecule has 1 fully saturated rings. The maximum Gasteiger partial charge on any atom is 0.0642 e. The molecule has 1 heterocycles. The number of hydrogen-bond donors (Lipinski definition) is 2. The fourth-order valence-electron chi connectivity index (χ4n) is 2.42. The first-order valence-corrected chi connectivity index (χ1v) is 7.51. The summed E-state index contributed by atoms with van der Waals surface area (Å²) in [5.41, 5.74) is 2.56. The Bertz CT molecular complexity index is 386. The second-order valence-corrected chi connectivity index (χ2v) is 5.50. The lowest BCUT2D eigenvalue weighted by molar-refractivity contribution is 0.122. The average molecular weight is 278 g/mol. The Morgan fingerprint density at radius 2 is 1.85 bits per heavy atom. The number of nitrogens with one attached hydrogen (secondary N) is 1. The quantitative estimate of drug-likeness (QED) is 0.835. The van der Waals surface area contributed by atoms with Gasteiger partial charge in [0.15, 0.2) is 0 Å². The third-order valence-electron chi connectivity index (χ3n) is 3.78. The molecule has 0 radical (unpaired) electrons. The number of hydrogen-bond acceptors (Lipinski definition) is 4. The van der Waals surface area contributed by atoms with Gasteiger partial charge in [-0.1, -0.05) is 12.1 Å². The number of aliphatic hydroxyl groups excluding tert-OH is 1. The van der Waals surface area contributed by atoms with E-state index < -0.39 is 0 Å². The van der Waals surface area contributed by atoms with E-state index in [1.165, 1.54) is 11.3 Å². The average Bonchev–Trinajstić information content (AvgIpc) is 2.48. The molecule has 0 aromatic heterocycles. The monoisotopic (exact) mass is 278 g/mol. The van der Waals surface area contributed by atoms with E-state index in [1.807, 2.05) is 6.92 Å². The summed E-state index contributed by atoms with van der Waals surface area (Å²) in [4.78, 5) is 2.36. The smallest absolute Gasteiger partial charge is 0.0642 e. The summed E-state index contributed by atoms with van der Waals surface area (Å²) in [5, 5.41) is 12.7. The van der Waals surface area contributed by atoms with Gasteiger partial charge in [0, 0.05) is 24.8 Å². The second kappa shape index (κ2) is 7.62. The van der Waals surface area contributed by atoms with Crippen LogP contribution < -0.4 is 10.2 Å². The van der Waals surface area contributed by atoms with E-state index in [4.69, 9.17) is 4.74 Å². The minimum absolute atomic E-state index is 0.238. The number of rotatable bonds is 6. The molecule has 0 aliphatic carbocycles. The largest absolute Gasteiger partial charge is 0.393 e. The van der Waals surface area contributed by atoms with Gasteiger partial charge in [0.05, 0.1) is 19.3 Å². The Hall–Kier alpha value is -1.10. The van der Waals surface area contributed by atoms with Crippen LogP contribution >= 0.6 is 0 Å². The van der Waals surface area contributed by atoms with Crippen molar-refractivity contribution in [3.8, 4) is 0 Å². The highest BCUT2D eigenvalue weighted by molar-refractivity contribution is 5.48. The molecule has 1 aliphatic rings. The van der Waals surface area contributed by atoms with Crippen molar-refractivity contribution in [2.24, 2.45) is 0 Å². The van der Waals surface area contributed by atoms with Crippen molar-refractivity contribution < 1.29 is 9.84 Å². The van der Waals surface area contributed by atoms with Crippen LogP contribution in [-0.2, 0) is 4.74 Å². The Morgan fingerprint density at radius 3 is 2.45 bits per heavy atom. The van der Waals surface area contributed by atoms with Crippen molar-refractivity contribution in [3.63, 3.8) is 0 Å². The van der Waals surface area contributed by atoms with Crippen LogP contribution in [0.5, 0.6) is 0 Å². The van der Waals surface area contributed by atoms with Crippen molar-refractivity contribution in [1.29, 1.82) is 0 Å². The lowest BCUT2D eigenvalue weighted by Crippen LogP contribution is -2.36. The van der Waals surface area contributed by atoms with Gasteiger partial charge in [-0.05, 0) is 44.5 Å². The summed E-state index contributed by atoms with van der Waals surface area (Å²) < 4.78 is 5.37. The number of morpholine rings is 1. The highest BCUT2D eigenvalue weighted by atomic mass is 16.5. The Morgan fingerprint density at radius 1 is 1.20 bits per heavy atom. The molecule has 0 spiro atoms. The van der Waals surface area contributed by atoms with Crippen LogP contribution in [0.2, 0.25) is 0 Å². The van der Waals surface area contributed by atoms with Gasteiger partial charge >= 0.3 is 0 Å². The molecule has 112 valence electrons. The summed E-state index contributed by atoms with van der Waals surface area (Å²) in [6, 6.07) is 9.06. The molecule has 4 heteroatoms. The summed E-state index contributed by atoms with van der Waals surface area (Å²) in [7, 11) is 0. The Kier molecular flexibility index (Phi) is 5.83. The van der Waals surface area contributed by atoms with Crippen molar-refractivity contribution in [2.45, 2.75) is 32.4 Å². The van der Waals surface area contributed by atoms with E-state index >= 15 is 0 Å². The number of anilines is 1. The summed E-state index contributed by atoms with van der Waals surface area (Å²) in [5.74, 6) is 0. The second-order valence-electron chi connectivity index (χ2n) is 5.50. The Balaban J connectivity index is 1.86. The van der Waals surface area contributed by atoms with Crippen LogP contribution in [0.25, 0.3) is 0 Å². The van der Waals surface area contributed by atoms with E-state index in [-0.39, 0.29) is 6.10 Å². The van der Waals surface area contributed by atoms with Crippen LogP contribution in [0.3, 0.4) is 0 Å². The van der Waals surface area contributed by atoms with Gasteiger partial charge in [0.1, 0.15) is 0 Å². The Labute approximate surface area is 121 Å². The SMILES string of the molecule is CC(O)CCNC(C)c1ccc(N2CCOCC2)cc1. The molecule has 0 bridgehead atoms. The van der Waals surface area contributed by atoms with Crippen molar-refractivity contribution in [1.82, 2.24) is 5.32 Å². The van der Waals surface area contributed by atoms with E-state index in [9.17, 15) is 5.11 Å². The van der Waals surface area contributed by atoms with Crippen LogP contribution in [0.15, 0.2) is 24.3 Å². The molecule has 20 heavy (non-hydrogen) atoms. The maximum atomic E-state index is 9.26. The van der Waals surface area contributed by atoms with Crippen LogP contribution in [0.1, 0.15) is 31.9 Å². The number of benzene rings is 1. The first kappa shape index (κ1) is 15.3. The van der Waals surface area contributed by atoms with Crippen molar-refractivity contribution in [2.75, 3.05) is 37.7 Å². The molecule has 1 aliphatic heterocycles. The number of ether oxygens (including phenoxy) is 1. The van der Waals surface area contributed by atoms with Crippen LogP contribution in [-0.4, -0.2) is 44.1 Å². The molecule has 0 saturated carbocycles. The van der Waals surface area contributed by atoms with Crippen molar-refractivity contribution >= 4 is 5.69 Å². The number of nitrogens with zero attached hydrogens (tertiary/aromatic N) is 1. The first-order valence-electron chi connectivity index (χ1n) is 7.51. The molecule has 1 aromatic carbocycles. The van der Waals surface area contributed by atoms with Gasteiger partial charge in [-0.2, -0.15) is 0 Å². The normalized spacial score (nSPS) is 18.9. The molecule has 0 amide bonds. The van der Waals surface area contributed by atoms with E-state index in [2.05, 4.69) is 41.4 Å². The molecule has 1 saturated heterocycles. The standard InChI is InChI=1S/C16H26N2O2/c1-13(19)7-8-17-14(2)15-3-5-16(6-4-15)18-9-11-20-12-10-18/h3-6,13-14,17,19H,7-12H2,1-2H3. The third-order valence-corrected chi connectivity index (χ3v) is 3.78. The molecule has 2 N–H and O–H groups in total. The van der Waals surface area contributed by atoms with Gasteiger partial charge in [-0.3, -0.25) is 0 Å². The highest BCUT2D eigenvalue weighted by Gasteiger charge is 2.11. The molecule has 2 atom stereocenters. The van der Waals surface area contributed by atoms with Gasteiger partial charge in [0.2, 0.25) is 0 Å². The zero-order valence-corrected chi connectivity index (χ0v) is 12.5. The molecule has 1 aromatic rings. The van der Waals surface area contributed by atoms with Gasteiger partial charge in [0.25, 0.3) is 0 Å². The van der Waals surface area contributed by atoms with Gasteiger partial charge in [-0.25, -0.2) is 0 Å². The first-order chi connectivity index (χ1) is 9.66. The molecule has 4 nitrogen and oxygen atoms in total. The minimum Gasteiger partial charge on any atom is -0.393 e. The lowest BCUT2D eigenvalue weighted by Gasteiger charge is -2.29. The predicted molar refractivity (Wildman–Crippen MR) is 82.2 cm³/mol. The maximum absolute atomic E-state index is 9.26. The van der Waals surface area contributed by atoms with Crippen molar-refractivity contribution in [3.05, 3.63) is 29.8 Å². The lowest BCUT2D eigenvalue weighted by atomic mass is 10.1. The zero-order valence-electron chi connectivity index (χ0n) is 12.5. The molecular formula is C16H26N2O2. The number of aliphatic hydroxyl groups is 1. The highest BCUT2D eigenvalue weighted by Crippen LogP contribution is 2.20. The van der Waals surface area contributed by atoms with E-state index in [1.54, 1.807) is 0 Å². The van der Waals surface area contributed by atoms with Crippen LogP contribution in [0.4, 0.5) is 5.69 Å². The molecule has 2 rings (SSSR count). The minimum atomic E-state index is -0.238. The summed E-state index contributed by atoms with van der Waals surface area (Å²) in [6.07, 6.45) is 0.550. The van der Waals surface area contributed by atoms with E-state index in [0.29, 0.717) is 6.04 Å². The fraction of sp³-hybridized carbons (Fsp3) is 0.625. The molecule has 2 unspecified atom stereocenters. The molecular weight excluding hydrogens is 252 g/mol. The fourth-order valence-corrected chi connectivity index (χ4v) is 2.42. The van der Waals surface area contributed by atoms with Crippen LogP contribution in [0, 0.1) is 0 Å². The van der Waals surface area contributed by atoms with E-state index in [0.717, 1.165) is 39.3 Å². The van der Waals surface area contributed by atoms with Gasteiger partial charge in [-0.15, -0.1) is 0 Å². The third kappa shape index (κ3) is 4.47. The predicted octanol–water partition coefficient (Wildman–Crippen LogP) is 1.94. The topological polar surface area (TPSA) is 44.7 Å². The zero-order chi connectivity index (χ0) is 14.4. The van der Waals surface area contributed by atoms with Gasteiger partial charge < -0.3 is 20.1 Å².